The number of piperidine rings is 2. The predicted molar refractivity (Wildman–Crippen MR) is 150 cm³/mol. The highest BCUT2D eigenvalue weighted by Gasteiger charge is 2.48. The number of hydrogen-bond acceptors (Lipinski definition) is 6. The number of likely N-dealkylation sites (tertiary alicyclic amines) is 1. The summed E-state index contributed by atoms with van der Waals surface area (Å²) in [7, 11) is -3.41. The summed E-state index contributed by atoms with van der Waals surface area (Å²) >= 11 is 0. The van der Waals surface area contributed by atoms with Gasteiger partial charge >= 0.3 is 0 Å². The molecule has 0 saturated carbocycles. The van der Waals surface area contributed by atoms with Crippen LogP contribution in [0.3, 0.4) is 0 Å². The highest BCUT2D eigenvalue weighted by molar-refractivity contribution is 7.92. The van der Waals surface area contributed by atoms with Gasteiger partial charge in [-0.05, 0) is 49.4 Å². The van der Waals surface area contributed by atoms with E-state index < -0.39 is 16.1 Å². The number of anilines is 1. The molecule has 2 saturated heterocycles. The molecule has 1 unspecified atom stereocenters. The van der Waals surface area contributed by atoms with Crippen molar-refractivity contribution in [2.75, 3.05) is 49.9 Å². The third kappa shape index (κ3) is 6.13. The summed E-state index contributed by atoms with van der Waals surface area (Å²) in [5, 5.41) is 6.25. The Hall–Kier alpha value is -2.95. The molecule has 39 heavy (non-hydrogen) atoms. The maximum Gasteiger partial charge on any atom is 0.247 e. The van der Waals surface area contributed by atoms with Gasteiger partial charge in [-0.15, -0.1) is 0 Å². The highest BCUT2D eigenvalue weighted by atomic mass is 32.2. The van der Waals surface area contributed by atoms with Gasteiger partial charge in [0.1, 0.15) is 6.04 Å². The van der Waals surface area contributed by atoms with E-state index in [9.17, 15) is 18.0 Å². The van der Waals surface area contributed by atoms with E-state index in [-0.39, 0.29) is 29.8 Å². The van der Waals surface area contributed by atoms with Crippen LogP contribution in [-0.4, -0.2) is 76.8 Å². The van der Waals surface area contributed by atoms with E-state index in [0.717, 1.165) is 36.2 Å². The fraction of sp³-hybridized carbons (Fsp3) is 0.517. The molecule has 3 aliphatic heterocycles. The summed E-state index contributed by atoms with van der Waals surface area (Å²) < 4.78 is 32.5. The van der Waals surface area contributed by atoms with E-state index in [4.69, 9.17) is 4.74 Å². The van der Waals surface area contributed by atoms with Crippen molar-refractivity contribution in [2.45, 2.75) is 43.7 Å². The number of carbonyl (C=O) groups is 2. The van der Waals surface area contributed by atoms with Gasteiger partial charge < -0.3 is 20.3 Å². The molecule has 10 heteroatoms. The van der Waals surface area contributed by atoms with Crippen molar-refractivity contribution >= 4 is 27.5 Å². The lowest BCUT2D eigenvalue weighted by atomic mass is 9.74. The van der Waals surface area contributed by atoms with Crippen LogP contribution in [0, 0.1) is 5.92 Å². The first kappa shape index (κ1) is 27.6. The average Bonchev–Trinajstić information content (AvgIpc) is 3.28. The van der Waals surface area contributed by atoms with Crippen LogP contribution >= 0.6 is 0 Å². The molecule has 9 nitrogen and oxygen atoms in total. The standard InChI is InChI=1S/C29H38N4O5S/c1-39(36,37)33-21-29(24-11-5-6-12-26(24)33)13-16-32(17-14-29)28(35)25(20-38-19-22-8-3-2-4-9-22)31-27(34)23-10-7-15-30-18-23/h2-6,8-9,11-12,23,25,30H,7,10,13-21H2,1H3,(H,31,34)/t23?,25-/m1/s1. The average molecular weight is 555 g/mol. The second-order valence-electron chi connectivity index (χ2n) is 11.0. The summed E-state index contributed by atoms with van der Waals surface area (Å²) in [5.74, 6) is -0.433. The molecule has 2 atom stereocenters. The Morgan fingerprint density at radius 3 is 2.51 bits per heavy atom. The molecule has 0 radical (unpaired) electrons. The number of benzene rings is 2. The van der Waals surface area contributed by atoms with Crippen LogP contribution in [0.15, 0.2) is 54.6 Å². The van der Waals surface area contributed by atoms with Crippen molar-refractivity contribution in [3.8, 4) is 0 Å². The summed E-state index contributed by atoms with van der Waals surface area (Å²) in [6, 6.07) is 16.6. The Morgan fingerprint density at radius 2 is 1.82 bits per heavy atom. The first-order valence-corrected chi connectivity index (χ1v) is 15.6. The lowest BCUT2D eigenvalue weighted by Gasteiger charge is -2.41. The van der Waals surface area contributed by atoms with Gasteiger partial charge in [-0.3, -0.25) is 13.9 Å². The zero-order chi connectivity index (χ0) is 27.5. The fourth-order valence-electron chi connectivity index (χ4n) is 6.09. The number of carbonyl (C=O) groups excluding carboxylic acids is 2. The van der Waals surface area contributed by atoms with Crippen LogP contribution in [0.5, 0.6) is 0 Å². The van der Waals surface area contributed by atoms with Crippen LogP contribution in [-0.2, 0) is 36.4 Å². The highest BCUT2D eigenvalue weighted by Crippen LogP contribution is 2.47. The molecule has 0 aliphatic carbocycles. The number of sulfonamides is 1. The van der Waals surface area contributed by atoms with Crippen molar-refractivity contribution in [1.29, 1.82) is 0 Å². The number of ether oxygens (including phenoxy) is 1. The van der Waals surface area contributed by atoms with Crippen LogP contribution in [0.4, 0.5) is 5.69 Å². The molecule has 5 rings (SSSR count). The Kier molecular flexibility index (Phi) is 8.25. The molecule has 210 valence electrons. The van der Waals surface area contributed by atoms with E-state index in [2.05, 4.69) is 10.6 Å². The van der Waals surface area contributed by atoms with Gasteiger partial charge in [-0.25, -0.2) is 8.42 Å². The van der Waals surface area contributed by atoms with Gasteiger partial charge in [0, 0.05) is 31.6 Å². The van der Waals surface area contributed by atoms with Crippen molar-refractivity contribution in [3.05, 3.63) is 65.7 Å². The first-order valence-electron chi connectivity index (χ1n) is 13.8. The maximum atomic E-state index is 13.7. The molecule has 1 spiro atoms. The minimum atomic E-state index is -3.41. The zero-order valence-electron chi connectivity index (χ0n) is 22.5. The maximum absolute atomic E-state index is 13.7. The minimum absolute atomic E-state index is 0.0892. The van der Waals surface area contributed by atoms with Crippen LogP contribution < -0.4 is 14.9 Å². The summed E-state index contributed by atoms with van der Waals surface area (Å²) in [5.41, 5.74) is 2.44. The van der Waals surface area contributed by atoms with Crippen molar-refractivity contribution in [2.24, 2.45) is 5.92 Å². The van der Waals surface area contributed by atoms with Crippen LogP contribution in [0.1, 0.15) is 36.8 Å². The third-order valence-corrected chi connectivity index (χ3v) is 9.43. The van der Waals surface area contributed by atoms with Crippen LogP contribution in [0.2, 0.25) is 0 Å². The minimum Gasteiger partial charge on any atom is -0.374 e. The van der Waals surface area contributed by atoms with Crippen molar-refractivity contribution < 1.29 is 22.7 Å². The zero-order valence-corrected chi connectivity index (χ0v) is 23.3. The number of hydrogen-bond donors (Lipinski definition) is 2. The third-order valence-electron chi connectivity index (χ3n) is 8.30. The quantitative estimate of drug-likeness (QED) is 0.517. The number of nitrogens with zero attached hydrogens (tertiary/aromatic N) is 2. The molecular weight excluding hydrogens is 516 g/mol. The molecule has 0 aromatic heterocycles. The smallest absolute Gasteiger partial charge is 0.247 e. The van der Waals surface area contributed by atoms with E-state index in [0.29, 0.717) is 45.6 Å². The lowest BCUT2D eigenvalue weighted by molar-refractivity contribution is -0.140. The Labute approximate surface area is 230 Å². The molecule has 2 N–H and O–H groups in total. The normalized spacial score (nSPS) is 21.4. The monoisotopic (exact) mass is 554 g/mol. The van der Waals surface area contributed by atoms with Gasteiger partial charge in [0.25, 0.3) is 0 Å². The van der Waals surface area contributed by atoms with E-state index >= 15 is 0 Å². The Bertz CT molecular complexity index is 1270. The second-order valence-corrected chi connectivity index (χ2v) is 12.9. The summed E-state index contributed by atoms with van der Waals surface area (Å²) in [6.07, 6.45) is 4.28. The molecule has 3 aliphatic rings. The summed E-state index contributed by atoms with van der Waals surface area (Å²) in [4.78, 5) is 28.6. The number of rotatable bonds is 8. The van der Waals surface area contributed by atoms with Crippen molar-refractivity contribution in [3.63, 3.8) is 0 Å². The largest absolute Gasteiger partial charge is 0.374 e. The van der Waals surface area contributed by atoms with Gasteiger partial charge in [0.15, 0.2) is 0 Å². The molecule has 2 aromatic carbocycles. The molecule has 0 bridgehead atoms. The number of fused-ring (bicyclic) bond motifs is 2. The van der Waals surface area contributed by atoms with Gasteiger partial charge in [-0.1, -0.05) is 48.5 Å². The first-order chi connectivity index (χ1) is 18.8. The molecule has 2 aromatic rings. The van der Waals surface area contributed by atoms with Crippen molar-refractivity contribution in [1.82, 2.24) is 15.5 Å². The Balaban J connectivity index is 1.27. The van der Waals surface area contributed by atoms with Crippen LogP contribution in [0.25, 0.3) is 0 Å². The Morgan fingerprint density at radius 1 is 1.10 bits per heavy atom. The molecule has 2 fully saturated rings. The fourth-order valence-corrected chi connectivity index (χ4v) is 7.09. The van der Waals surface area contributed by atoms with Gasteiger partial charge in [-0.2, -0.15) is 0 Å². The van der Waals surface area contributed by atoms with Gasteiger partial charge in [0.2, 0.25) is 21.8 Å². The SMILES string of the molecule is CS(=O)(=O)N1CC2(CCN(C(=O)[C@@H](COCc3ccccc3)NC(=O)C3CCCNC3)CC2)c2ccccc21. The predicted octanol–water partition coefficient (Wildman–Crippen LogP) is 2.03. The molecular formula is C29H38N4O5S. The number of para-hydroxylation sites is 1. The summed E-state index contributed by atoms with van der Waals surface area (Å²) in [6.45, 7) is 3.32. The molecule has 2 amide bonds. The molecule has 3 heterocycles. The van der Waals surface area contributed by atoms with Gasteiger partial charge in [0.05, 0.1) is 31.1 Å². The number of amides is 2. The van der Waals surface area contributed by atoms with E-state index in [1.165, 1.54) is 10.6 Å². The van der Waals surface area contributed by atoms with E-state index in [1.807, 2.05) is 54.6 Å². The second kappa shape index (κ2) is 11.7. The lowest BCUT2D eigenvalue weighted by Crippen LogP contribution is -2.56. The number of nitrogens with one attached hydrogen (secondary N) is 2. The van der Waals surface area contributed by atoms with E-state index in [1.54, 1.807) is 4.90 Å². The topological polar surface area (TPSA) is 108 Å².